The molecule has 0 radical (unpaired) electrons. The van der Waals surface area contributed by atoms with E-state index in [-0.39, 0.29) is 6.03 Å². The summed E-state index contributed by atoms with van der Waals surface area (Å²) in [5.41, 5.74) is 6.69. The van der Waals surface area contributed by atoms with Crippen LogP contribution in [0.15, 0.2) is 66.9 Å². The Morgan fingerprint density at radius 3 is 2.75 bits per heavy atom. The Morgan fingerprint density at radius 2 is 1.92 bits per heavy atom. The third-order valence-electron chi connectivity index (χ3n) is 4.23. The minimum Gasteiger partial charge on any atom is -0.312 e. The van der Waals surface area contributed by atoms with E-state index in [0.717, 1.165) is 30.6 Å². The average molecular weight is 318 g/mol. The molecular formula is C21H22N2O. The number of carbonyl (C=O) groups excluding carboxylic acids is 1. The first-order valence-electron chi connectivity index (χ1n) is 8.25. The number of urea groups is 1. The molecule has 3 heteroatoms. The van der Waals surface area contributed by atoms with Crippen LogP contribution in [0.5, 0.6) is 0 Å². The van der Waals surface area contributed by atoms with Crippen molar-refractivity contribution >= 4 is 11.7 Å². The van der Waals surface area contributed by atoms with E-state index in [1.165, 1.54) is 22.3 Å². The molecule has 0 aromatic heterocycles. The molecule has 0 unspecified atom stereocenters. The van der Waals surface area contributed by atoms with Crippen LogP contribution in [-0.2, 0) is 6.42 Å². The molecule has 122 valence electrons. The monoisotopic (exact) mass is 318 g/mol. The van der Waals surface area contributed by atoms with Gasteiger partial charge < -0.3 is 10.6 Å². The summed E-state index contributed by atoms with van der Waals surface area (Å²) in [6.45, 7) is 5.59. The van der Waals surface area contributed by atoms with Gasteiger partial charge in [0.25, 0.3) is 0 Å². The van der Waals surface area contributed by atoms with E-state index >= 15 is 0 Å². The van der Waals surface area contributed by atoms with Crippen molar-refractivity contribution < 1.29 is 4.79 Å². The van der Waals surface area contributed by atoms with Gasteiger partial charge in [-0.25, -0.2) is 4.79 Å². The van der Waals surface area contributed by atoms with Crippen LogP contribution < -0.4 is 10.6 Å². The Balaban J connectivity index is 1.72. The summed E-state index contributed by atoms with van der Waals surface area (Å²) in [6, 6.07) is 14.3. The summed E-state index contributed by atoms with van der Waals surface area (Å²) >= 11 is 0. The lowest BCUT2D eigenvalue weighted by molar-refractivity contribution is 0.254. The Kier molecular flexibility index (Phi) is 4.80. The van der Waals surface area contributed by atoms with Crippen LogP contribution in [-0.4, -0.2) is 6.03 Å². The minimum atomic E-state index is -0.202. The minimum absolute atomic E-state index is 0.202. The van der Waals surface area contributed by atoms with Crippen molar-refractivity contribution in [3.05, 3.63) is 78.0 Å². The van der Waals surface area contributed by atoms with Crippen molar-refractivity contribution in [2.45, 2.75) is 26.2 Å². The molecule has 2 amide bonds. The summed E-state index contributed by atoms with van der Waals surface area (Å²) < 4.78 is 0. The number of nitrogens with one attached hydrogen (secondary N) is 2. The molecule has 3 rings (SSSR count). The fourth-order valence-electron chi connectivity index (χ4n) is 3.08. The van der Waals surface area contributed by atoms with Gasteiger partial charge in [-0.3, -0.25) is 0 Å². The normalized spacial score (nSPS) is 12.3. The van der Waals surface area contributed by atoms with Gasteiger partial charge in [-0.1, -0.05) is 48.6 Å². The molecule has 1 aliphatic carbocycles. The Labute approximate surface area is 143 Å². The molecule has 3 nitrogen and oxygen atoms in total. The topological polar surface area (TPSA) is 41.1 Å². The number of carbonyl (C=O) groups is 1. The summed E-state index contributed by atoms with van der Waals surface area (Å²) in [6.07, 6.45) is 6.52. The molecule has 0 bridgehead atoms. The van der Waals surface area contributed by atoms with Gasteiger partial charge in [0.1, 0.15) is 0 Å². The second-order valence-electron chi connectivity index (χ2n) is 6.00. The summed E-state index contributed by atoms with van der Waals surface area (Å²) in [5, 5.41) is 5.86. The number of rotatable bonds is 5. The zero-order valence-corrected chi connectivity index (χ0v) is 13.9. The molecule has 0 aliphatic heterocycles. The first-order valence-corrected chi connectivity index (χ1v) is 8.25. The smallest absolute Gasteiger partial charge is 0.312 e. The van der Waals surface area contributed by atoms with Crippen LogP contribution in [0, 0.1) is 0 Å². The van der Waals surface area contributed by atoms with Gasteiger partial charge in [0.15, 0.2) is 0 Å². The average Bonchev–Trinajstić information content (AvgIpc) is 2.95. The van der Waals surface area contributed by atoms with E-state index in [0.29, 0.717) is 0 Å². The molecule has 1 aliphatic rings. The molecule has 2 aromatic rings. The first kappa shape index (κ1) is 16.1. The maximum absolute atomic E-state index is 12.2. The van der Waals surface area contributed by atoms with Gasteiger partial charge in [0.05, 0.1) is 0 Å². The Morgan fingerprint density at radius 1 is 1.12 bits per heavy atom. The van der Waals surface area contributed by atoms with Crippen LogP contribution in [0.25, 0.3) is 11.1 Å². The van der Waals surface area contributed by atoms with Crippen LogP contribution in [0.1, 0.15) is 30.9 Å². The van der Waals surface area contributed by atoms with Crippen LogP contribution in [0.4, 0.5) is 10.5 Å². The Bertz CT molecular complexity index is 805. The van der Waals surface area contributed by atoms with Crippen LogP contribution >= 0.6 is 0 Å². The van der Waals surface area contributed by atoms with Gasteiger partial charge >= 0.3 is 6.03 Å². The third kappa shape index (κ3) is 3.40. The number of unbranched alkanes of at least 4 members (excludes halogenated alkanes) is 1. The summed E-state index contributed by atoms with van der Waals surface area (Å²) in [5.74, 6) is 0. The maximum atomic E-state index is 12.2. The molecular weight excluding hydrogens is 296 g/mol. The number of hydrogen-bond acceptors (Lipinski definition) is 1. The molecule has 0 spiro atoms. The molecule has 0 fully saturated rings. The predicted molar refractivity (Wildman–Crippen MR) is 100 cm³/mol. The van der Waals surface area contributed by atoms with Crippen molar-refractivity contribution in [2.24, 2.45) is 0 Å². The van der Waals surface area contributed by atoms with E-state index in [4.69, 9.17) is 0 Å². The molecule has 0 saturated heterocycles. The van der Waals surface area contributed by atoms with Crippen LogP contribution in [0.2, 0.25) is 0 Å². The highest BCUT2D eigenvalue weighted by Crippen LogP contribution is 2.39. The number of anilines is 1. The van der Waals surface area contributed by atoms with E-state index < -0.39 is 0 Å². The van der Waals surface area contributed by atoms with E-state index in [9.17, 15) is 4.79 Å². The van der Waals surface area contributed by atoms with Crippen molar-refractivity contribution in [3.63, 3.8) is 0 Å². The number of hydrogen-bond donors (Lipinski definition) is 2. The fraction of sp³-hybridized carbons (Fsp3) is 0.190. The second-order valence-corrected chi connectivity index (χ2v) is 6.00. The maximum Gasteiger partial charge on any atom is 0.323 e. The van der Waals surface area contributed by atoms with E-state index in [1.807, 2.05) is 31.2 Å². The Hall–Kier alpha value is -2.81. The lowest BCUT2D eigenvalue weighted by Crippen LogP contribution is -2.27. The number of benzene rings is 2. The predicted octanol–water partition coefficient (Wildman–Crippen LogP) is 5.25. The molecule has 2 N–H and O–H groups in total. The highest BCUT2D eigenvalue weighted by Gasteiger charge is 2.21. The SMILES string of the molecule is C=CCC/C=C(\C)NC(=O)Nc1cccc2c1Cc1ccccc1-2. The van der Waals surface area contributed by atoms with Gasteiger partial charge in [0.2, 0.25) is 0 Å². The zero-order chi connectivity index (χ0) is 16.9. The highest BCUT2D eigenvalue weighted by atomic mass is 16.2. The molecule has 24 heavy (non-hydrogen) atoms. The molecule has 0 heterocycles. The van der Waals surface area contributed by atoms with Gasteiger partial charge in [0, 0.05) is 17.8 Å². The van der Waals surface area contributed by atoms with Crippen molar-refractivity contribution in [1.29, 1.82) is 0 Å². The number of allylic oxidation sites excluding steroid dienone is 3. The van der Waals surface area contributed by atoms with Gasteiger partial charge in [-0.2, -0.15) is 0 Å². The zero-order valence-electron chi connectivity index (χ0n) is 13.9. The number of fused-ring (bicyclic) bond motifs is 3. The highest BCUT2D eigenvalue weighted by molar-refractivity contribution is 5.94. The summed E-state index contributed by atoms with van der Waals surface area (Å²) in [7, 11) is 0. The van der Waals surface area contributed by atoms with Crippen LogP contribution in [0.3, 0.4) is 0 Å². The van der Waals surface area contributed by atoms with Gasteiger partial charge in [-0.15, -0.1) is 6.58 Å². The fourth-order valence-corrected chi connectivity index (χ4v) is 3.08. The van der Waals surface area contributed by atoms with E-state index in [1.54, 1.807) is 0 Å². The molecule has 0 atom stereocenters. The first-order chi connectivity index (χ1) is 11.7. The van der Waals surface area contributed by atoms with Crippen molar-refractivity contribution in [3.8, 4) is 11.1 Å². The lowest BCUT2D eigenvalue weighted by atomic mass is 10.1. The van der Waals surface area contributed by atoms with Gasteiger partial charge in [-0.05, 0) is 48.1 Å². The third-order valence-corrected chi connectivity index (χ3v) is 4.23. The standard InChI is InChI=1S/C21H22N2O/c1-3-4-5-9-15(2)22-21(24)23-20-13-8-12-18-17-11-7-6-10-16(17)14-19(18)20/h3,6-13H,1,4-5,14H2,2H3,(H2,22,23,24)/b15-9+. The molecule has 2 aromatic carbocycles. The quantitative estimate of drug-likeness (QED) is 0.489. The second kappa shape index (κ2) is 7.18. The van der Waals surface area contributed by atoms with E-state index in [2.05, 4.69) is 47.5 Å². The molecule has 0 saturated carbocycles. The largest absolute Gasteiger partial charge is 0.323 e. The van der Waals surface area contributed by atoms with Crippen molar-refractivity contribution in [1.82, 2.24) is 5.32 Å². The number of amides is 2. The lowest BCUT2D eigenvalue weighted by Gasteiger charge is -2.12. The van der Waals surface area contributed by atoms with Crippen molar-refractivity contribution in [2.75, 3.05) is 5.32 Å². The summed E-state index contributed by atoms with van der Waals surface area (Å²) in [4.78, 5) is 12.2.